The van der Waals surface area contributed by atoms with Gasteiger partial charge in [-0.25, -0.2) is 5.43 Å². The number of rotatable bonds is 7. The van der Waals surface area contributed by atoms with Gasteiger partial charge in [-0.3, -0.25) is 19.7 Å². The van der Waals surface area contributed by atoms with Gasteiger partial charge in [0.25, 0.3) is 5.91 Å². The number of nitrogens with one attached hydrogen (secondary N) is 2. The van der Waals surface area contributed by atoms with Crippen molar-refractivity contribution in [2.45, 2.75) is 19.8 Å². The van der Waals surface area contributed by atoms with Crippen LogP contribution in [-0.2, 0) is 4.79 Å². The Morgan fingerprint density at radius 2 is 1.96 bits per heavy atom. The van der Waals surface area contributed by atoms with E-state index < -0.39 is 16.7 Å². The monoisotopic (exact) mass is 344 g/mol. The van der Waals surface area contributed by atoms with Crippen molar-refractivity contribution >= 4 is 29.6 Å². The van der Waals surface area contributed by atoms with Crippen LogP contribution >= 0.6 is 0 Å². The number of nitrogens with zero attached hydrogens (tertiary/aromatic N) is 2. The molecule has 1 heterocycles. The van der Waals surface area contributed by atoms with E-state index in [0.29, 0.717) is 17.7 Å². The smallest absolute Gasteiger partial charge is 0.400 e. The molecule has 2 N–H and O–H groups in total. The van der Waals surface area contributed by atoms with Gasteiger partial charge in [0, 0.05) is 17.7 Å². The lowest BCUT2D eigenvalue weighted by Gasteiger charge is -2.05. The summed E-state index contributed by atoms with van der Waals surface area (Å²) in [6.45, 7) is 1.91. The van der Waals surface area contributed by atoms with Gasteiger partial charge in [-0.15, -0.1) is 0 Å². The molecule has 0 spiro atoms. The first-order valence-electron chi connectivity index (χ1n) is 7.47. The minimum atomic E-state index is -0.670. The summed E-state index contributed by atoms with van der Waals surface area (Å²) in [6, 6.07) is 8.87. The van der Waals surface area contributed by atoms with E-state index in [2.05, 4.69) is 15.8 Å². The van der Waals surface area contributed by atoms with E-state index in [4.69, 9.17) is 4.42 Å². The normalized spacial score (nSPS) is 10.6. The third-order valence-electron chi connectivity index (χ3n) is 3.06. The number of hydrazone groups is 1. The summed E-state index contributed by atoms with van der Waals surface area (Å²) in [5.74, 6) is -0.824. The predicted molar refractivity (Wildman–Crippen MR) is 90.4 cm³/mol. The number of amides is 2. The molecule has 0 bridgehead atoms. The minimum Gasteiger partial charge on any atom is -0.400 e. The zero-order valence-electron chi connectivity index (χ0n) is 13.4. The van der Waals surface area contributed by atoms with E-state index >= 15 is 0 Å². The quantitative estimate of drug-likeness (QED) is 0.453. The van der Waals surface area contributed by atoms with Crippen LogP contribution in [-0.4, -0.2) is 23.0 Å². The first-order chi connectivity index (χ1) is 12.0. The van der Waals surface area contributed by atoms with E-state index in [0.717, 1.165) is 12.6 Å². The van der Waals surface area contributed by atoms with Crippen molar-refractivity contribution in [3.8, 4) is 0 Å². The highest BCUT2D eigenvalue weighted by atomic mass is 16.6. The Kier molecular flexibility index (Phi) is 5.99. The molecule has 1 aromatic heterocycles. The number of nitro groups is 1. The summed E-state index contributed by atoms with van der Waals surface area (Å²) in [4.78, 5) is 33.2. The maximum atomic E-state index is 11.9. The maximum absolute atomic E-state index is 11.9. The Morgan fingerprint density at radius 1 is 1.24 bits per heavy atom. The van der Waals surface area contributed by atoms with Crippen molar-refractivity contribution in [2.24, 2.45) is 5.10 Å². The average Bonchev–Trinajstić information content (AvgIpc) is 3.05. The summed E-state index contributed by atoms with van der Waals surface area (Å²) in [7, 11) is 0. The van der Waals surface area contributed by atoms with Crippen LogP contribution in [0.4, 0.5) is 11.6 Å². The third kappa shape index (κ3) is 5.27. The molecule has 1 aromatic carbocycles. The van der Waals surface area contributed by atoms with E-state index in [1.54, 1.807) is 24.3 Å². The minimum absolute atomic E-state index is 0.0863. The first-order valence-corrected chi connectivity index (χ1v) is 7.47. The van der Waals surface area contributed by atoms with Crippen LogP contribution in [0, 0.1) is 10.1 Å². The number of anilines is 1. The predicted octanol–water partition coefficient (Wildman–Crippen LogP) is 2.69. The summed E-state index contributed by atoms with van der Waals surface area (Å²) < 4.78 is 4.87. The maximum Gasteiger partial charge on any atom is 0.433 e. The number of furan rings is 1. The van der Waals surface area contributed by atoms with Crippen molar-refractivity contribution in [3.05, 3.63) is 57.8 Å². The van der Waals surface area contributed by atoms with Crippen molar-refractivity contribution in [1.29, 1.82) is 0 Å². The SMILES string of the molecule is CCCC(=O)Nc1ccc(C(=O)N/N=C\c2ccc([N+](=O)[O-])o2)cc1. The van der Waals surface area contributed by atoms with Crippen molar-refractivity contribution in [3.63, 3.8) is 0 Å². The van der Waals surface area contributed by atoms with E-state index in [1.807, 2.05) is 6.92 Å². The highest BCUT2D eigenvalue weighted by Gasteiger charge is 2.10. The molecule has 0 saturated carbocycles. The van der Waals surface area contributed by atoms with Crippen LogP contribution in [0.15, 0.2) is 45.9 Å². The van der Waals surface area contributed by atoms with Crippen molar-refractivity contribution < 1.29 is 18.9 Å². The largest absolute Gasteiger partial charge is 0.433 e. The lowest BCUT2D eigenvalue weighted by molar-refractivity contribution is -0.402. The summed E-state index contributed by atoms with van der Waals surface area (Å²) >= 11 is 0. The molecule has 0 radical (unpaired) electrons. The number of hydrogen-bond acceptors (Lipinski definition) is 6. The average molecular weight is 344 g/mol. The molecular formula is C16H16N4O5. The second-order valence-electron chi connectivity index (χ2n) is 5.01. The Bertz CT molecular complexity index is 795. The fraction of sp³-hybridized carbons (Fsp3) is 0.188. The molecule has 2 aromatic rings. The van der Waals surface area contributed by atoms with Gasteiger partial charge in [-0.2, -0.15) is 5.10 Å². The summed E-state index contributed by atoms with van der Waals surface area (Å²) in [5, 5.41) is 16.9. The molecule has 0 saturated heterocycles. The van der Waals surface area contributed by atoms with Crippen molar-refractivity contribution in [1.82, 2.24) is 5.43 Å². The van der Waals surface area contributed by atoms with Gasteiger partial charge >= 0.3 is 5.88 Å². The molecule has 25 heavy (non-hydrogen) atoms. The molecule has 9 nitrogen and oxygen atoms in total. The highest BCUT2D eigenvalue weighted by molar-refractivity contribution is 5.96. The van der Waals surface area contributed by atoms with Crippen LogP contribution in [0.25, 0.3) is 0 Å². The van der Waals surface area contributed by atoms with Crippen LogP contribution in [0.5, 0.6) is 0 Å². The van der Waals surface area contributed by atoms with Gasteiger partial charge in [-0.05, 0) is 36.8 Å². The lowest BCUT2D eigenvalue weighted by Crippen LogP contribution is -2.17. The first kappa shape index (κ1) is 17.9. The van der Waals surface area contributed by atoms with Gasteiger partial charge in [0.1, 0.15) is 4.92 Å². The highest BCUT2D eigenvalue weighted by Crippen LogP contribution is 2.14. The zero-order valence-corrected chi connectivity index (χ0v) is 13.4. The molecule has 0 atom stereocenters. The Labute approximate surface area is 142 Å². The molecule has 2 rings (SSSR count). The van der Waals surface area contributed by atoms with Gasteiger partial charge < -0.3 is 9.73 Å². The molecule has 0 fully saturated rings. The second-order valence-corrected chi connectivity index (χ2v) is 5.01. The second kappa shape index (κ2) is 8.39. The number of carbonyl (C=O) groups excluding carboxylic acids is 2. The molecular weight excluding hydrogens is 328 g/mol. The zero-order chi connectivity index (χ0) is 18.2. The molecule has 0 aliphatic carbocycles. The van der Waals surface area contributed by atoms with Gasteiger partial charge in [-0.1, -0.05) is 6.92 Å². The van der Waals surface area contributed by atoms with E-state index in [-0.39, 0.29) is 11.7 Å². The molecule has 130 valence electrons. The number of carbonyl (C=O) groups is 2. The molecule has 2 amide bonds. The van der Waals surface area contributed by atoms with Crippen LogP contribution < -0.4 is 10.7 Å². The van der Waals surface area contributed by atoms with Crippen LogP contribution in [0.3, 0.4) is 0 Å². The topological polar surface area (TPSA) is 127 Å². The fourth-order valence-corrected chi connectivity index (χ4v) is 1.88. The molecule has 0 aliphatic heterocycles. The lowest BCUT2D eigenvalue weighted by atomic mass is 10.2. The molecule has 9 heteroatoms. The molecule has 0 aliphatic rings. The fourth-order valence-electron chi connectivity index (χ4n) is 1.88. The Balaban J connectivity index is 1.90. The third-order valence-corrected chi connectivity index (χ3v) is 3.06. The molecule has 0 unspecified atom stereocenters. The number of benzene rings is 1. The summed E-state index contributed by atoms with van der Waals surface area (Å²) in [5.41, 5.74) is 3.22. The van der Waals surface area contributed by atoms with Gasteiger partial charge in [0.15, 0.2) is 5.76 Å². The van der Waals surface area contributed by atoms with Gasteiger partial charge in [0.05, 0.1) is 12.3 Å². The van der Waals surface area contributed by atoms with Crippen molar-refractivity contribution in [2.75, 3.05) is 5.32 Å². The Morgan fingerprint density at radius 3 is 2.56 bits per heavy atom. The van der Waals surface area contributed by atoms with Crippen LogP contribution in [0.1, 0.15) is 35.9 Å². The van der Waals surface area contributed by atoms with E-state index in [1.165, 1.54) is 12.1 Å². The van der Waals surface area contributed by atoms with E-state index in [9.17, 15) is 19.7 Å². The standard InChI is InChI=1S/C16H16N4O5/c1-2-3-14(21)18-12-6-4-11(5-7-12)16(22)19-17-10-13-8-9-15(25-13)20(23)24/h4-10H,2-3H2,1H3,(H,18,21)(H,19,22)/b17-10-. The van der Waals surface area contributed by atoms with Crippen LogP contribution in [0.2, 0.25) is 0 Å². The Hall–Kier alpha value is -3.49. The van der Waals surface area contributed by atoms with Gasteiger partial charge in [0.2, 0.25) is 5.91 Å². The summed E-state index contributed by atoms with van der Waals surface area (Å²) in [6.07, 6.45) is 2.34. The number of hydrogen-bond donors (Lipinski definition) is 2.